The van der Waals surface area contributed by atoms with E-state index in [9.17, 15) is 5.26 Å². The van der Waals surface area contributed by atoms with Crippen LogP contribution in [-0.4, -0.2) is 36.3 Å². The molecule has 0 radical (unpaired) electrons. The Bertz CT molecular complexity index is 1300. The second-order valence-corrected chi connectivity index (χ2v) is 10.6. The Morgan fingerprint density at radius 3 is 2.51 bits per heavy atom. The molecule has 1 spiro atoms. The molecule has 3 heterocycles. The van der Waals surface area contributed by atoms with Crippen molar-refractivity contribution in [1.82, 2.24) is 9.97 Å². The van der Waals surface area contributed by atoms with E-state index in [0.717, 1.165) is 74.1 Å². The Kier molecular flexibility index (Phi) is 5.43. The Morgan fingerprint density at radius 1 is 1.11 bits per heavy atom. The molecule has 0 atom stereocenters. The molecule has 0 N–H and O–H groups in total. The van der Waals surface area contributed by atoms with Crippen molar-refractivity contribution >= 4 is 17.5 Å². The summed E-state index contributed by atoms with van der Waals surface area (Å²) >= 11 is 6.47. The van der Waals surface area contributed by atoms with Gasteiger partial charge in [0.25, 0.3) is 0 Å². The molecule has 6 rings (SSSR count). The number of hydrogen-bond donors (Lipinski definition) is 0. The van der Waals surface area contributed by atoms with Gasteiger partial charge in [0.1, 0.15) is 12.4 Å². The fourth-order valence-electron chi connectivity index (χ4n) is 5.47. The van der Waals surface area contributed by atoms with E-state index in [1.165, 1.54) is 5.56 Å². The van der Waals surface area contributed by atoms with Gasteiger partial charge in [0.2, 0.25) is 5.95 Å². The molecule has 6 nitrogen and oxygen atoms in total. The van der Waals surface area contributed by atoms with Gasteiger partial charge in [-0.25, -0.2) is 9.97 Å². The van der Waals surface area contributed by atoms with Crippen molar-refractivity contribution in [1.29, 1.82) is 5.26 Å². The third kappa shape index (κ3) is 3.84. The maximum atomic E-state index is 9.54. The molecule has 1 aromatic heterocycles. The number of rotatable bonds is 6. The summed E-state index contributed by atoms with van der Waals surface area (Å²) in [4.78, 5) is 11.3. The van der Waals surface area contributed by atoms with E-state index in [2.05, 4.69) is 28.1 Å². The summed E-state index contributed by atoms with van der Waals surface area (Å²) in [5.41, 5.74) is 4.94. The monoisotopic (exact) mass is 486 g/mol. The van der Waals surface area contributed by atoms with E-state index >= 15 is 0 Å². The first-order valence-corrected chi connectivity index (χ1v) is 12.5. The molecule has 0 unspecified atom stereocenters. The number of benzene rings is 2. The van der Waals surface area contributed by atoms with Crippen molar-refractivity contribution < 1.29 is 9.47 Å². The summed E-state index contributed by atoms with van der Waals surface area (Å²) in [5.74, 6) is 1.57. The second-order valence-electron chi connectivity index (χ2n) is 10.2. The molecule has 35 heavy (non-hydrogen) atoms. The molecule has 1 saturated carbocycles. The average molecular weight is 487 g/mol. The van der Waals surface area contributed by atoms with Gasteiger partial charge < -0.3 is 14.4 Å². The van der Waals surface area contributed by atoms with Crippen LogP contribution >= 0.6 is 11.6 Å². The molecule has 178 valence electrons. The average Bonchev–Trinajstić information content (AvgIpc) is 2.78. The lowest BCUT2D eigenvalue weighted by Crippen LogP contribution is -2.66. The van der Waals surface area contributed by atoms with Crippen LogP contribution in [0, 0.1) is 23.7 Å². The topological polar surface area (TPSA) is 71.3 Å². The van der Waals surface area contributed by atoms with Gasteiger partial charge >= 0.3 is 0 Å². The van der Waals surface area contributed by atoms with Crippen LogP contribution in [0.3, 0.4) is 0 Å². The molecular weight excluding hydrogens is 460 g/mol. The first kappa shape index (κ1) is 22.3. The molecule has 1 aliphatic carbocycles. The lowest BCUT2D eigenvalue weighted by molar-refractivity contribution is -0.127. The molecule has 0 amide bonds. The van der Waals surface area contributed by atoms with Crippen LogP contribution in [0.4, 0.5) is 5.95 Å². The fraction of sp³-hybridized carbons (Fsp3) is 0.393. The SMILES string of the molecule is Cc1c(Cl)cc(C2(c3ccc(OCc4ccnc(N5CC6(COC6)C5)n4)cc3)CCC2)cc1C#N. The summed E-state index contributed by atoms with van der Waals surface area (Å²) in [6, 6.07) is 16.6. The zero-order valence-electron chi connectivity index (χ0n) is 19.8. The van der Waals surface area contributed by atoms with E-state index in [-0.39, 0.29) is 5.41 Å². The van der Waals surface area contributed by atoms with Crippen LogP contribution in [0.1, 0.15) is 47.2 Å². The van der Waals surface area contributed by atoms with Gasteiger partial charge in [0, 0.05) is 29.7 Å². The minimum atomic E-state index is -0.0942. The molecule has 3 aliphatic rings. The fourth-order valence-corrected chi connectivity index (χ4v) is 5.69. The number of ether oxygens (including phenoxy) is 2. The Hall–Kier alpha value is -3.14. The highest BCUT2D eigenvalue weighted by Gasteiger charge is 2.49. The van der Waals surface area contributed by atoms with Gasteiger partial charge in [-0.3, -0.25) is 0 Å². The number of halogens is 1. The first-order chi connectivity index (χ1) is 17.0. The quantitative estimate of drug-likeness (QED) is 0.477. The molecule has 2 saturated heterocycles. The van der Waals surface area contributed by atoms with E-state index < -0.39 is 0 Å². The predicted octanol–water partition coefficient (Wildman–Crippen LogP) is 5.20. The van der Waals surface area contributed by atoms with Crippen molar-refractivity contribution in [2.45, 2.75) is 38.2 Å². The van der Waals surface area contributed by atoms with E-state index in [0.29, 0.717) is 22.6 Å². The zero-order chi connectivity index (χ0) is 24.0. The van der Waals surface area contributed by atoms with E-state index in [4.69, 9.17) is 26.1 Å². The lowest BCUT2D eigenvalue weighted by Gasteiger charge is -2.54. The maximum absolute atomic E-state index is 9.54. The third-order valence-corrected chi connectivity index (χ3v) is 8.26. The van der Waals surface area contributed by atoms with Gasteiger partial charge in [-0.15, -0.1) is 0 Å². The normalized spacial score (nSPS) is 19.3. The highest BCUT2D eigenvalue weighted by molar-refractivity contribution is 6.31. The minimum Gasteiger partial charge on any atom is -0.487 e. The van der Waals surface area contributed by atoms with Gasteiger partial charge in [-0.2, -0.15) is 5.26 Å². The van der Waals surface area contributed by atoms with Gasteiger partial charge in [0.15, 0.2) is 0 Å². The van der Waals surface area contributed by atoms with Crippen LogP contribution < -0.4 is 9.64 Å². The number of aromatic nitrogens is 2. The smallest absolute Gasteiger partial charge is 0.225 e. The van der Waals surface area contributed by atoms with Crippen molar-refractivity contribution in [3.8, 4) is 11.8 Å². The van der Waals surface area contributed by atoms with Crippen LogP contribution in [-0.2, 0) is 16.8 Å². The van der Waals surface area contributed by atoms with Gasteiger partial charge in [0.05, 0.1) is 36.0 Å². The summed E-state index contributed by atoms with van der Waals surface area (Å²) in [5, 5.41) is 10.2. The summed E-state index contributed by atoms with van der Waals surface area (Å²) in [6.45, 7) is 5.90. The molecule has 7 heteroatoms. The third-order valence-electron chi connectivity index (χ3n) is 7.87. The van der Waals surface area contributed by atoms with E-state index in [1.807, 2.05) is 37.3 Å². The molecule has 2 aromatic carbocycles. The largest absolute Gasteiger partial charge is 0.487 e. The molecular formula is C28H27ClN4O2. The Morgan fingerprint density at radius 2 is 1.89 bits per heavy atom. The van der Waals surface area contributed by atoms with Crippen molar-refractivity contribution in [3.63, 3.8) is 0 Å². The predicted molar refractivity (Wildman–Crippen MR) is 134 cm³/mol. The zero-order valence-corrected chi connectivity index (χ0v) is 20.5. The maximum Gasteiger partial charge on any atom is 0.225 e. The highest BCUT2D eigenvalue weighted by Crippen LogP contribution is 2.50. The summed E-state index contributed by atoms with van der Waals surface area (Å²) in [6.07, 6.45) is 5.05. The number of nitriles is 1. The number of hydrogen-bond acceptors (Lipinski definition) is 6. The van der Waals surface area contributed by atoms with Crippen molar-refractivity contribution in [3.05, 3.63) is 81.6 Å². The summed E-state index contributed by atoms with van der Waals surface area (Å²) < 4.78 is 11.4. The minimum absolute atomic E-state index is 0.0942. The Labute approximate surface area is 210 Å². The van der Waals surface area contributed by atoms with Gasteiger partial charge in [-0.05, 0) is 66.8 Å². The van der Waals surface area contributed by atoms with Crippen LogP contribution in [0.15, 0.2) is 48.7 Å². The molecule has 3 aromatic rings. The number of anilines is 1. The van der Waals surface area contributed by atoms with E-state index in [1.54, 1.807) is 6.20 Å². The van der Waals surface area contributed by atoms with Crippen LogP contribution in [0.2, 0.25) is 5.02 Å². The Balaban J connectivity index is 1.15. The second kappa shape index (κ2) is 8.51. The standard InChI is InChI=1S/C28H27ClN4O2/c1-19-20(13-30)11-22(12-25(19)29)28(8-2-9-28)21-3-5-24(6-4-21)35-14-23-7-10-31-26(32-23)33-15-27(16-33)17-34-18-27/h3-7,10-12H,2,8-9,14-18H2,1H3. The van der Waals surface area contributed by atoms with Gasteiger partial charge in [-0.1, -0.05) is 30.2 Å². The summed E-state index contributed by atoms with van der Waals surface area (Å²) in [7, 11) is 0. The molecule has 0 bridgehead atoms. The first-order valence-electron chi connectivity index (χ1n) is 12.1. The lowest BCUT2D eigenvalue weighted by atomic mass is 9.60. The molecule has 3 fully saturated rings. The highest BCUT2D eigenvalue weighted by atomic mass is 35.5. The van der Waals surface area contributed by atoms with Crippen LogP contribution in [0.5, 0.6) is 5.75 Å². The van der Waals surface area contributed by atoms with Crippen LogP contribution in [0.25, 0.3) is 0 Å². The number of nitrogens with zero attached hydrogens (tertiary/aromatic N) is 4. The van der Waals surface area contributed by atoms with Crippen molar-refractivity contribution in [2.75, 3.05) is 31.2 Å². The van der Waals surface area contributed by atoms with Crippen molar-refractivity contribution in [2.24, 2.45) is 5.41 Å². The molecule has 2 aliphatic heterocycles.